The Morgan fingerprint density at radius 2 is 1.62 bits per heavy atom. The minimum atomic E-state index is -1.23. The molecule has 1 aliphatic rings. The van der Waals surface area contributed by atoms with E-state index in [1.807, 2.05) is 0 Å². The molecule has 3 rings (SSSR count). The van der Waals surface area contributed by atoms with Crippen LogP contribution in [-0.2, 0) is 9.59 Å². The van der Waals surface area contributed by atoms with E-state index in [0.717, 1.165) is 18.2 Å². The fraction of sp³-hybridized carbons (Fsp3) is 0.158. The number of carboxylic acid groups (broad SMARTS) is 1. The predicted molar refractivity (Wildman–Crippen MR) is 101 cm³/mol. The number of carbonyl (C=O) groups is 2. The van der Waals surface area contributed by atoms with Gasteiger partial charge in [-0.05, 0) is 42.4 Å². The first kappa shape index (κ1) is 20.1. The van der Waals surface area contributed by atoms with Crippen LogP contribution in [0.25, 0.3) is 11.1 Å². The molecule has 6 N–H and O–H groups in total. The molecule has 0 saturated carbocycles. The van der Waals surface area contributed by atoms with Crippen LogP contribution in [0.5, 0.6) is 23.0 Å². The lowest BCUT2D eigenvalue weighted by Gasteiger charge is -2.15. The summed E-state index contributed by atoms with van der Waals surface area (Å²) in [6.07, 6.45) is 0.903. The number of benzene rings is 2. The largest absolute Gasteiger partial charge is 0.507 e. The van der Waals surface area contributed by atoms with Crippen molar-refractivity contribution in [2.24, 2.45) is 0 Å². The van der Waals surface area contributed by atoms with Crippen molar-refractivity contribution >= 4 is 30.9 Å². The maximum atomic E-state index is 14.6. The SMILES string of the molecule is [B]c1c(O)c(O)cc(O)c1-c1cc(O)c(NC(=O)C2=C(C(=O)O)CCC2)c(F)c1. The molecule has 29 heavy (non-hydrogen) atoms. The highest BCUT2D eigenvalue weighted by Crippen LogP contribution is 2.40. The fourth-order valence-electron chi connectivity index (χ4n) is 3.25. The number of carboxylic acids is 1. The summed E-state index contributed by atoms with van der Waals surface area (Å²) in [6.45, 7) is 0. The number of phenolic OH excluding ortho intramolecular Hbond substituents is 4. The molecule has 0 aromatic heterocycles. The van der Waals surface area contributed by atoms with Gasteiger partial charge < -0.3 is 30.8 Å². The number of hydrogen-bond donors (Lipinski definition) is 6. The highest BCUT2D eigenvalue weighted by Gasteiger charge is 2.27. The first-order valence-electron chi connectivity index (χ1n) is 8.44. The van der Waals surface area contributed by atoms with Crippen LogP contribution in [-0.4, -0.2) is 45.3 Å². The Kier molecular flexibility index (Phi) is 5.11. The molecule has 148 valence electrons. The summed E-state index contributed by atoms with van der Waals surface area (Å²) in [6, 6.07) is 2.63. The Balaban J connectivity index is 2.00. The molecule has 0 heterocycles. The molecule has 2 radical (unpaired) electrons. The molecule has 10 heteroatoms. The van der Waals surface area contributed by atoms with Gasteiger partial charge in [0.25, 0.3) is 5.91 Å². The third kappa shape index (κ3) is 3.56. The van der Waals surface area contributed by atoms with Gasteiger partial charge >= 0.3 is 5.97 Å². The first-order chi connectivity index (χ1) is 13.6. The third-order valence-electron chi connectivity index (χ3n) is 4.64. The second kappa shape index (κ2) is 7.38. The molecular formula is C19H15BFNO7. The van der Waals surface area contributed by atoms with E-state index in [-0.39, 0.29) is 35.1 Å². The van der Waals surface area contributed by atoms with Crippen LogP contribution in [0.4, 0.5) is 10.1 Å². The number of hydrogen-bond acceptors (Lipinski definition) is 6. The van der Waals surface area contributed by atoms with Gasteiger partial charge in [-0.25, -0.2) is 9.18 Å². The molecule has 8 nitrogen and oxygen atoms in total. The molecule has 2 aromatic carbocycles. The van der Waals surface area contributed by atoms with Crippen LogP contribution in [0.2, 0.25) is 0 Å². The maximum Gasteiger partial charge on any atom is 0.332 e. The van der Waals surface area contributed by atoms with Gasteiger partial charge in [-0.15, -0.1) is 0 Å². The van der Waals surface area contributed by atoms with Gasteiger partial charge in [0, 0.05) is 22.8 Å². The number of aliphatic carboxylic acids is 1. The number of aromatic hydroxyl groups is 4. The van der Waals surface area contributed by atoms with Crippen LogP contribution >= 0.6 is 0 Å². The molecule has 0 unspecified atom stereocenters. The molecular weight excluding hydrogens is 384 g/mol. The van der Waals surface area contributed by atoms with Gasteiger partial charge in [-0.3, -0.25) is 4.79 Å². The standard InChI is InChI=1S/C19H15BFNO7/c20-15-14(11(23)6-13(25)17(15)26)7-4-10(21)16(12(24)5-7)22-18(27)8-2-1-3-9(8)19(28)29/h4-6,23-26H,1-3H2,(H,22,27)(H,28,29). The summed E-state index contributed by atoms with van der Waals surface area (Å²) in [5.41, 5.74) is -1.44. The van der Waals surface area contributed by atoms with Crippen LogP contribution in [0.3, 0.4) is 0 Å². The smallest absolute Gasteiger partial charge is 0.332 e. The van der Waals surface area contributed by atoms with Crippen LogP contribution in [0.15, 0.2) is 29.3 Å². The normalized spacial score (nSPS) is 13.6. The number of carbonyl (C=O) groups excluding carboxylic acids is 1. The summed E-state index contributed by atoms with van der Waals surface area (Å²) >= 11 is 0. The highest BCUT2D eigenvalue weighted by atomic mass is 19.1. The third-order valence-corrected chi connectivity index (χ3v) is 4.64. The van der Waals surface area contributed by atoms with Crippen molar-refractivity contribution in [1.29, 1.82) is 0 Å². The van der Waals surface area contributed by atoms with Crippen molar-refractivity contribution in [3.05, 3.63) is 35.2 Å². The number of halogens is 1. The number of rotatable bonds is 4. The zero-order valence-electron chi connectivity index (χ0n) is 14.9. The van der Waals surface area contributed by atoms with E-state index in [4.69, 9.17) is 13.0 Å². The van der Waals surface area contributed by atoms with Crippen LogP contribution < -0.4 is 10.8 Å². The second-order valence-electron chi connectivity index (χ2n) is 6.47. The molecule has 1 amide bonds. The van der Waals surface area contributed by atoms with E-state index in [9.17, 15) is 34.4 Å². The van der Waals surface area contributed by atoms with E-state index in [1.54, 1.807) is 0 Å². The number of nitrogens with one attached hydrogen (secondary N) is 1. The van der Waals surface area contributed by atoms with Crippen molar-refractivity contribution in [1.82, 2.24) is 0 Å². The maximum absolute atomic E-state index is 14.6. The molecule has 0 saturated heterocycles. The lowest BCUT2D eigenvalue weighted by Crippen LogP contribution is -2.17. The van der Waals surface area contributed by atoms with Crippen molar-refractivity contribution in [2.45, 2.75) is 19.3 Å². The summed E-state index contributed by atoms with van der Waals surface area (Å²) in [7, 11) is 5.66. The number of amides is 1. The van der Waals surface area contributed by atoms with Gasteiger partial charge in [0.2, 0.25) is 0 Å². The Hall–Kier alpha value is -3.69. The van der Waals surface area contributed by atoms with Crippen molar-refractivity contribution in [3.63, 3.8) is 0 Å². The quantitative estimate of drug-likeness (QED) is 0.260. The van der Waals surface area contributed by atoms with E-state index in [0.29, 0.717) is 6.42 Å². The predicted octanol–water partition coefficient (Wildman–Crippen LogP) is 1.61. The summed E-state index contributed by atoms with van der Waals surface area (Å²) < 4.78 is 14.6. The monoisotopic (exact) mass is 399 g/mol. The average Bonchev–Trinajstić information content (AvgIpc) is 3.13. The van der Waals surface area contributed by atoms with E-state index >= 15 is 0 Å². The van der Waals surface area contributed by atoms with Gasteiger partial charge in [0.1, 0.15) is 25.0 Å². The first-order valence-corrected chi connectivity index (χ1v) is 8.44. The van der Waals surface area contributed by atoms with E-state index in [2.05, 4.69) is 5.32 Å². The molecule has 1 aliphatic carbocycles. The minimum Gasteiger partial charge on any atom is -0.507 e. The lowest BCUT2D eigenvalue weighted by atomic mass is 9.85. The van der Waals surface area contributed by atoms with E-state index < -0.39 is 51.8 Å². The van der Waals surface area contributed by atoms with Crippen molar-refractivity contribution < 1.29 is 39.5 Å². The van der Waals surface area contributed by atoms with Gasteiger partial charge in [0.15, 0.2) is 17.3 Å². The summed E-state index contributed by atoms with van der Waals surface area (Å²) in [5, 5.41) is 50.6. The average molecular weight is 399 g/mol. The topological polar surface area (TPSA) is 147 Å². The van der Waals surface area contributed by atoms with Crippen molar-refractivity contribution in [3.8, 4) is 34.1 Å². The molecule has 0 atom stereocenters. The molecule has 0 bridgehead atoms. The fourth-order valence-corrected chi connectivity index (χ4v) is 3.25. The van der Waals surface area contributed by atoms with Crippen LogP contribution in [0.1, 0.15) is 19.3 Å². The van der Waals surface area contributed by atoms with Gasteiger partial charge in [-0.1, -0.05) is 0 Å². The number of anilines is 1. The summed E-state index contributed by atoms with van der Waals surface area (Å²) in [5.74, 6) is -5.86. The molecule has 2 aromatic rings. The molecule has 0 fully saturated rings. The lowest BCUT2D eigenvalue weighted by molar-refractivity contribution is -0.133. The Labute approximate surface area is 165 Å². The van der Waals surface area contributed by atoms with Crippen molar-refractivity contribution in [2.75, 3.05) is 5.32 Å². The Morgan fingerprint density at radius 1 is 0.966 bits per heavy atom. The molecule has 0 aliphatic heterocycles. The van der Waals surface area contributed by atoms with Gasteiger partial charge in [0.05, 0.1) is 0 Å². The summed E-state index contributed by atoms with van der Waals surface area (Å²) in [4.78, 5) is 23.5. The second-order valence-corrected chi connectivity index (χ2v) is 6.47. The Bertz CT molecular complexity index is 1060. The molecule has 0 spiro atoms. The van der Waals surface area contributed by atoms with E-state index in [1.165, 1.54) is 0 Å². The minimum absolute atomic E-state index is 0.00530. The Morgan fingerprint density at radius 3 is 2.24 bits per heavy atom. The highest BCUT2D eigenvalue weighted by molar-refractivity contribution is 6.38. The number of phenols is 4. The zero-order valence-corrected chi connectivity index (χ0v) is 14.9. The zero-order chi connectivity index (χ0) is 21.5. The van der Waals surface area contributed by atoms with Gasteiger partial charge in [-0.2, -0.15) is 0 Å². The van der Waals surface area contributed by atoms with Crippen LogP contribution in [0, 0.1) is 5.82 Å².